The maximum Gasteiger partial charge on any atom is 0.261 e. The van der Waals surface area contributed by atoms with Crippen LogP contribution in [0.25, 0.3) is 10.9 Å². The number of aromatic nitrogens is 2. The van der Waals surface area contributed by atoms with E-state index in [0.717, 1.165) is 31.5 Å². The molecule has 0 unspecified atom stereocenters. The lowest BCUT2D eigenvalue weighted by atomic mass is 10.1. The molecule has 0 atom stereocenters. The van der Waals surface area contributed by atoms with Crippen LogP contribution in [0.5, 0.6) is 0 Å². The fourth-order valence-corrected chi connectivity index (χ4v) is 3.79. The largest absolute Gasteiger partial charge is 0.326 e. The standard InChI is InChI=1S/C21H19ClFN3O2/c22-16-5-4-6-17(23)14(16)12-20(27)24-13-8-9-18-15(11-13)21(28)26-10-3-1-2-7-19(26)25-18/h4-6,8-9,11H,1-3,7,10,12H2,(H,24,27). The second-order valence-corrected chi connectivity index (χ2v) is 7.36. The van der Waals surface area contributed by atoms with Crippen molar-refractivity contribution in [3.05, 3.63) is 69.0 Å². The monoisotopic (exact) mass is 399 g/mol. The highest BCUT2D eigenvalue weighted by atomic mass is 35.5. The maximum atomic E-state index is 13.9. The first-order valence-electron chi connectivity index (χ1n) is 9.29. The number of nitrogens with one attached hydrogen (secondary N) is 1. The molecule has 0 aliphatic carbocycles. The number of rotatable bonds is 3. The van der Waals surface area contributed by atoms with E-state index in [9.17, 15) is 14.0 Å². The Kier molecular flexibility index (Phi) is 5.13. The van der Waals surface area contributed by atoms with Gasteiger partial charge in [-0.05, 0) is 43.2 Å². The zero-order chi connectivity index (χ0) is 19.7. The maximum absolute atomic E-state index is 13.9. The summed E-state index contributed by atoms with van der Waals surface area (Å²) in [5.41, 5.74) is 1.15. The number of carbonyl (C=O) groups excluding carboxylic acids is 1. The number of aryl methyl sites for hydroxylation is 1. The molecule has 5 nitrogen and oxygen atoms in total. The first kappa shape index (κ1) is 18.6. The summed E-state index contributed by atoms with van der Waals surface area (Å²) in [5.74, 6) is -0.110. The Morgan fingerprint density at radius 2 is 2.07 bits per heavy atom. The highest BCUT2D eigenvalue weighted by molar-refractivity contribution is 6.31. The number of amides is 1. The lowest BCUT2D eigenvalue weighted by molar-refractivity contribution is -0.115. The lowest BCUT2D eigenvalue weighted by Gasteiger charge is -2.12. The van der Waals surface area contributed by atoms with Crippen LogP contribution >= 0.6 is 11.6 Å². The first-order valence-corrected chi connectivity index (χ1v) is 9.67. The minimum atomic E-state index is -0.522. The van der Waals surface area contributed by atoms with E-state index >= 15 is 0 Å². The van der Waals surface area contributed by atoms with Gasteiger partial charge in [0.25, 0.3) is 5.56 Å². The Morgan fingerprint density at radius 1 is 1.21 bits per heavy atom. The van der Waals surface area contributed by atoms with Gasteiger partial charge < -0.3 is 5.32 Å². The zero-order valence-electron chi connectivity index (χ0n) is 15.2. The van der Waals surface area contributed by atoms with E-state index < -0.39 is 11.7 Å². The molecule has 7 heteroatoms. The van der Waals surface area contributed by atoms with Crippen molar-refractivity contribution in [3.8, 4) is 0 Å². The molecule has 144 valence electrons. The Bertz CT molecular complexity index is 1110. The van der Waals surface area contributed by atoms with Crippen LogP contribution in [0.15, 0.2) is 41.2 Å². The number of nitrogens with zero attached hydrogens (tertiary/aromatic N) is 2. The fraction of sp³-hybridized carbons (Fsp3) is 0.286. The van der Waals surface area contributed by atoms with Crippen molar-refractivity contribution in [2.24, 2.45) is 0 Å². The minimum Gasteiger partial charge on any atom is -0.326 e. The molecule has 28 heavy (non-hydrogen) atoms. The second kappa shape index (κ2) is 7.72. The summed E-state index contributed by atoms with van der Waals surface area (Å²) >= 11 is 5.98. The molecule has 0 spiro atoms. The van der Waals surface area contributed by atoms with Crippen LogP contribution in [0.4, 0.5) is 10.1 Å². The molecule has 2 aromatic carbocycles. The molecule has 0 saturated carbocycles. The molecule has 1 aliphatic rings. The van der Waals surface area contributed by atoms with Crippen molar-refractivity contribution >= 4 is 34.1 Å². The van der Waals surface area contributed by atoms with Gasteiger partial charge in [-0.25, -0.2) is 9.37 Å². The second-order valence-electron chi connectivity index (χ2n) is 6.95. The van der Waals surface area contributed by atoms with Crippen LogP contribution in [0.3, 0.4) is 0 Å². The minimum absolute atomic E-state index is 0.0878. The third-order valence-corrected chi connectivity index (χ3v) is 5.35. The predicted octanol–water partition coefficient (Wildman–Crippen LogP) is 4.10. The van der Waals surface area contributed by atoms with Crippen LogP contribution in [0.2, 0.25) is 5.02 Å². The van der Waals surface area contributed by atoms with E-state index in [-0.39, 0.29) is 22.6 Å². The zero-order valence-corrected chi connectivity index (χ0v) is 15.9. The van der Waals surface area contributed by atoms with E-state index in [1.54, 1.807) is 28.8 Å². The summed E-state index contributed by atoms with van der Waals surface area (Å²) in [6, 6.07) is 9.36. The van der Waals surface area contributed by atoms with Crippen molar-refractivity contribution in [2.75, 3.05) is 5.32 Å². The summed E-state index contributed by atoms with van der Waals surface area (Å²) < 4.78 is 15.6. The molecule has 0 radical (unpaired) electrons. The van der Waals surface area contributed by atoms with E-state index in [4.69, 9.17) is 11.6 Å². The summed E-state index contributed by atoms with van der Waals surface area (Å²) in [7, 11) is 0. The number of halogens is 2. The molecular weight excluding hydrogens is 381 g/mol. The SMILES string of the molecule is O=C(Cc1c(F)cccc1Cl)Nc1ccc2nc3n(c(=O)c2c1)CCCCC3. The predicted molar refractivity (Wildman–Crippen MR) is 107 cm³/mol. The third kappa shape index (κ3) is 3.64. The number of hydrogen-bond acceptors (Lipinski definition) is 3. The first-order chi connectivity index (χ1) is 13.5. The van der Waals surface area contributed by atoms with Gasteiger partial charge in [0.2, 0.25) is 5.91 Å². The van der Waals surface area contributed by atoms with Crippen LogP contribution < -0.4 is 10.9 Å². The van der Waals surface area contributed by atoms with E-state index in [1.165, 1.54) is 12.1 Å². The number of benzene rings is 2. The Balaban J connectivity index is 1.62. The lowest BCUT2D eigenvalue weighted by Crippen LogP contribution is -2.24. The van der Waals surface area contributed by atoms with Gasteiger partial charge in [0.05, 0.1) is 17.3 Å². The molecule has 4 rings (SSSR count). The van der Waals surface area contributed by atoms with Gasteiger partial charge >= 0.3 is 0 Å². The van der Waals surface area contributed by atoms with Crippen molar-refractivity contribution in [1.82, 2.24) is 9.55 Å². The molecule has 1 amide bonds. The Hall–Kier alpha value is -2.73. The van der Waals surface area contributed by atoms with Gasteiger partial charge in [-0.15, -0.1) is 0 Å². The summed E-state index contributed by atoms with van der Waals surface area (Å²) in [6.45, 7) is 0.666. The van der Waals surface area contributed by atoms with Crippen molar-refractivity contribution in [3.63, 3.8) is 0 Å². The average Bonchev–Trinajstić information content (AvgIpc) is 2.91. The van der Waals surface area contributed by atoms with Gasteiger partial charge in [-0.3, -0.25) is 14.2 Å². The van der Waals surface area contributed by atoms with Crippen molar-refractivity contribution in [2.45, 2.75) is 38.6 Å². The average molecular weight is 400 g/mol. The van der Waals surface area contributed by atoms with Crippen molar-refractivity contribution < 1.29 is 9.18 Å². The van der Waals surface area contributed by atoms with Crippen LogP contribution in [-0.4, -0.2) is 15.5 Å². The third-order valence-electron chi connectivity index (χ3n) is 5.00. The number of carbonyl (C=O) groups is 1. The number of anilines is 1. The number of fused-ring (bicyclic) bond motifs is 2. The fourth-order valence-electron chi connectivity index (χ4n) is 3.56. The Labute approximate surface area is 166 Å². The molecule has 1 aliphatic heterocycles. The molecule has 1 N–H and O–H groups in total. The molecule has 2 heterocycles. The molecule has 3 aromatic rings. The van der Waals surface area contributed by atoms with Gasteiger partial charge in [0.15, 0.2) is 0 Å². The highest BCUT2D eigenvalue weighted by Crippen LogP contribution is 2.21. The molecular formula is C21H19ClFN3O2. The summed E-state index contributed by atoms with van der Waals surface area (Å²) in [5, 5.41) is 3.39. The van der Waals surface area contributed by atoms with Gasteiger partial charge in [0, 0.05) is 29.2 Å². The topological polar surface area (TPSA) is 64.0 Å². The molecule has 0 saturated heterocycles. The van der Waals surface area contributed by atoms with Crippen molar-refractivity contribution in [1.29, 1.82) is 0 Å². The van der Waals surface area contributed by atoms with Crippen LogP contribution in [-0.2, 0) is 24.2 Å². The van der Waals surface area contributed by atoms with Crippen LogP contribution in [0.1, 0.15) is 30.7 Å². The molecule has 0 fully saturated rings. The van der Waals surface area contributed by atoms with Gasteiger partial charge in [-0.1, -0.05) is 24.1 Å². The normalized spacial score (nSPS) is 13.8. The van der Waals surface area contributed by atoms with Crippen LogP contribution in [0, 0.1) is 5.82 Å². The highest BCUT2D eigenvalue weighted by Gasteiger charge is 2.15. The number of hydrogen-bond donors (Lipinski definition) is 1. The molecule has 0 bridgehead atoms. The van der Waals surface area contributed by atoms with E-state index in [2.05, 4.69) is 10.3 Å². The quantitative estimate of drug-likeness (QED) is 0.721. The van der Waals surface area contributed by atoms with E-state index in [1.807, 2.05) is 0 Å². The summed E-state index contributed by atoms with van der Waals surface area (Å²) in [6.07, 6.45) is 3.68. The Morgan fingerprint density at radius 3 is 2.89 bits per heavy atom. The smallest absolute Gasteiger partial charge is 0.261 e. The van der Waals surface area contributed by atoms with Gasteiger partial charge in [0.1, 0.15) is 11.6 Å². The van der Waals surface area contributed by atoms with E-state index in [0.29, 0.717) is 23.1 Å². The van der Waals surface area contributed by atoms with Gasteiger partial charge in [-0.2, -0.15) is 0 Å². The summed E-state index contributed by atoms with van der Waals surface area (Å²) in [4.78, 5) is 29.9. The molecule has 1 aromatic heterocycles.